The van der Waals surface area contributed by atoms with E-state index in [2.05, 4.69) is 23.6 Å². The lowest BCUT2D eigenvalue weighted by atomic mass is 10.1. The van der Waals surface area contributed by atoms with Gasteiger partial charge in [0.15, 0.2) is 0 Å². The molecule has 1 aromatic carbocycles. The van der Waals surface area contributed by atoms with Gasteiger partial charge in [-0.3, -0.25) is 9.69 Å². The first kappa shape index (κ1) is 18.3. The lowest BCUT2D eigenvalue weighted by Gasteiger charge is -2.39. The van der Waals surface area contributed by atoms with Gasteiger partial charge in [-0.05, 0) is 19.9 Å². The van der Waals surface area contributed by atoms with Crippen molar-refractivity contribution >= 4 is 34.3 Å². The van der Waals surface area contributed by atoms with E-state index in [1.54, 1.807) is 16.3 Å². The summed E-state index contributed by atoms with van der Waals surface area (Å²) < 4.78 is 16.9. The van der Waals surface area contributed by atoms with Crippen molar-refractivity contribution in [2.45, 2.75) is 31.3 Å². The predicted octanol–water partition coefficient (Wildman–Crippen LogP) is 2.47. The second kappa shape index (κ2) is 6.83. The van der Waals surface area contributed by atoms with E-state index in [-0.39, 0.29) is 10.9 Å². The van der Waals surface area contributed by atoms with Crippen molar-refractivity contribution in [2.75, 3.05) is 36.8 Å². The van der Waals surface area contributed by atoms with Gasteiger partial charge >= 0.3 is 5.97 Å². The summed E-state index contributed by atoms with van der Waals surface area (Å²) in [6.45, 7) is 8.10. The molecule has 2 aliphatic heterocycles. The van der Waals surface area contributed by atoms with Crippen molar-refractivity contribution in [3.63, 3.8) is 0 Å². The highest BCUT2D eigenvalue weighted by molar-refractivity contribution is 7.99. The minimum atomic E-state index is -1.28. The second-order valence-corrected chi connectivity index (χ2v) is 8.37. The molecule has 0 radical (unpaired) electrons. The number of nitrogens with zero attached hydrogens (tertiary/aromatic N) is 3. The van der Waals surface area contributed by atoms with Crippen LogP contribution >= 0.6 is 11.8 Å². The van der Waals surface area contributed by atoms with Crippen LogP contribution in [0.25, 0.3) is 10.9 Å². The molecular formula is C19H22FN3O3S. The molecule has 1 aromatic heterocycles. The number of carbonyl (C=O) groups is 1. The summed E-state index contributed by atoms with van der Waals surface area (Å²) in [7, 11) is 0. The molecule has 6 nitrogen and oxygen atoms in total. The summed E-state index contributed by atoms with van der Waals surface area (Å²) in [5.41, 5.74) is 0.279. The zero-order chi connectivity index (χ0) is 19.3. The number of hydrogen-bond donors (Lipinski definition) is 1. The van der Waals surface area contributed by atoms with E-state index >= 15 is 4.39 Å². The zero-order valence-electron chi connectivity index (χ0n) is 15.4. The first-order chi connectivity index (χ1) is 12.9. The third-order valence-electron chi connectivity index (χ3n) is 5.41. The molecule has 2 aliphatic rings. The normalized spacial score (nSPS) is 17.7. The molecule has 4 rings (SSSR count). The number of anilines is 1. The minimum Gasteiger partial charge on any atom is -0.477 e. The van der Waals surface area contributed by atoms with Gasteiger partial charge in [-0.2, -0.15) is 0 Å². The minimum absolute atomic E-state index is 0.152. The van der Waals surface area contributed by atoms with Gasteiger partial charge in [0.1, 0.15) is 11.4 Å². The number of hydrogen-bond acceptors (Lipinski definition) is 5. The van der Waals surface area contributed by atoms with Gasteiger partial charge in [0.05, 0.1) is 21.5 Å². The molecule has 0 amide bonds. The van der Waals surface area contributed by atoms with Crippen LogP contribution in [-0.2, 0) is 6.54 Å². The number of pyridine rings is 1. The molecule has 1 fully saturated rings. The van der Waals surface area contributed by atoms with Crippen molar-refractivity contribution < 1.29 is 14.3 Å². The molecule has 3 heterocycles. The fraction of sp³-hybridized carbons (Fsp3) is 0.474. The van der Waals surface area contributed by atoms with Crippen LogP contribution in [0.2, 0.25) is 0 Å². The van der Waals surface area contributed by atoms with Gasteiger partial charge in [0.2, 0.25) is 5.43 Å². The first-order valence-corrected chi connectivity index (χ1v) is 10.1. The van der Waals surface area contributed by atoms with Crippen LogP contribution in [0.5, 0.6) is 0 Å². The average Bonchev–Trinajstić information content (AvgIpc) is 2.64. The number of aryl methyl sites for hydroxylation is 1. The molecule has 0 bridgehead atoms. The topological polar surface area (TPSA) is 65.8 Å². The third-order valence-corrected chi connectivity index (χ3v) is 6.48. The summed E-state index contributed by atoms with van der Waals surface area (Å²) in [5, 5.41) is 9.46. The number of piperazine rings is 1. The van der Waals surface area contributed by atoms with Crippen molar-refractivity contribution in [1.29, 1.82) is 0 Å². The Kier molecular flexibility index (Phi) is 4.63. The van der Waals surface area contributed by atoms with Gasteiger partial charge in [-0.15, -0.1) is 11.8 Å². The Morgan fingerprint density at radius 3 is 2.56 bits per heavy atom. The van der Waals surface area contributed by atoms with Crippen molar-refractivity contribution in [3.05, 3.63) is 33.9 Å². The van der Waals surface area contributed by atoms with Crippen LogP contribution < -0.4 is 10.3 Å². The molecule has 0 saturated carbocycles. The monoisotopic (exact) mass is 391 g/mol. The molecule has 0 unspecified atom stereocenters. The molecule has 0 aliphatic carbocycles. The Bertz CT molecular complexity index is 981. The Morgan fingerprint density at radius 2 is 1.93 bits per heavy atom. The summed E-state index contributed by atoms with van der Waals surface area (Å²) in [6.07, 6.45) is 1.40. The summed E-state index contributed by atoms with van der Waals surface area (Å²) in [4.78, 5) is 29.2. The first-order valence-electron chi connectivity index (χ1n) is 9.13. The van der Waals surface area contributed by atoms with Crippen molar-refractivity contribution in [2.24, 2.45) is 0 Å². The van der Waals surface area contributed by atoms with Crippen molar-refractivity contribution in [3.8, 4) is 0 Å². The zero-order valence-corrected chi connectivity index (χ0v) is 16.2. The lowest BCUT2D eigenvalue weighted by molar-refractivity contribution is 0.0695. The fourth-order valence-electron chi connectivity index (χ4n) is 3.96. The number of aromatic carboxylic acids is 1. The molecule has 0 spiro atoms. The maximum Gasteiger partial charge on any atom is 0.341 e. The lowest BCUT2D eigenvalue weighted by Crippen LogP contribution is -2.49. The van der Waals surface area contributed by atoms with E-state index in [4.69, 9.17) is 0 Å². The molecule has 144 valence electrons. The van der Waals surface area contributed by atoms with Crippen LogP contribution in [0, 0.1) is 5.82 Å². The average molecular weight is 391 g/mol. The standard InChI is InChI=1S/C19H22FN3O3S/c1-11(2)21-3-5-22(6-4-21)16-14(20)9-12-15-18(16)27-8-7-23(15)10-13(17(12)24)19(25)26/h9-11H,3-8H2,1-2H3,(H,25,26). The largest absolute Gasteiger partial charge is 0.477 e. The van der Waals surface area contributed by atoms with Gasteiger partial charge in [-0.1, -0.05) is 0 Å². The SMILES string of the molecule is CC(C)N1CCN(c2c(F)cc3c(=O)c(C(=O)O)cn4c3c2SCC4)CC1. The number of rotatable bonds is 3. The maximum absolute atomic E-state index is 15.1. The summed E-state index contributed by atoms with van der Waals surface area (Å²) >= 11 is 1.54. The number of carboxylic acid groups (broad SMARTS) is 1. The quantitative estimate of drug-likeness (QED) is 0.867. The van der Waals surface area contributed by atoms with Crippen molar-refractivity contribution in [1.82, 2.24) is 9.47 Å². The second-order valence-electron chi connectivity index (χ2n) is 7.27. The molecule has 8 heteroatoms. The van der Waals surface area contributed by atoms with E-state index in [1.165, 1.54) is 12.3 Å². The molecule has 0 atom stereocenters. The van der Waals surface area contributed by atoms with Crippen LogP contribution in [0.3, 0.4) is 0 Å². The maximum atomic E-state index is 15.1. The smallest absolute Gasteiger partial charge is 0.341 e. The predicted molar refractivity (Wildman–Crippen MR) is 105 cm³/mol. The Balaban J connectivity index is 1.86. The van der Waals surface area contributed by atoms with Gasteiger partial charge in [-0.25, -0.2) is 9.18 Å². The van der Waals surface area contributed by atoms with Gasteiger partial charge in [0, 0.05) is 50.7 Å². The summed E-state index contributed by atoms with van der Waals surface area (Å²) in [6, 6.07) is 1.68. The van der Waals surface area contributed by atoms with E-state index < -0.39 is 17.2 Å². The highest BCUT2D eigenvalue weighted by Gasteiger charge is 2.29. The van der Waals surface area contributed by atoms with E-state index in [9.17, 15) is 14.7 Å². The van der Waals surface area contributed by atoms with Crippen LogP contribution in [0.1, 0.15) is 24.2 Å². The van der Waals surface area contributed by atoms with Gasteiger partial charge in [0.25, 0.3) is 0 Å². The van der Waals surface area contributed by atoms with Crippen LogP contribution in [0.15, 0.2) is 22.0 Å². The molecular weight excluding hydrogens is 369 g/mol. The fourth-order valence-corrected chi connectivity index (χ4v) is 5.18. The summed E-state index contributed by atoms with van der Waals surface area (Å²) in [5.74, 6) is -1.01. The van der Waals surface area contributed by atoms with E-state index in [1.807, 2.05) is 0 Å². The number of thioether (sulfide) groups is 1. The molecule has 27 heavy (non-hydrogen) atoms. The molecule has 1 N–H and O–H groups in total. The number of halogens is 1. The Labute approximate surface area is 160 Å². The van der Waals surface area contributed by atoms with Crippen LogP contribution in [0.4, 0.5) is 10.1 Å². The van der Waals surface area contributed by atoms with E-state index in [0.29, 0.717) is 29.5 Å². The van der Waals surface area contributed by atoms with E-state index in [0.717, 1.165) is 31.1 Å². The number of benzene rings is 1. The Morgan fingerprint density at radius 1 is 1.22 bits per heavy atom. The van der Waals surface area contributed by atoms with Gasteiger partial charge < -0.3 is 14.6 Å². The Hall–Kier alpha value is -2.06. The molecule has 2 aromatic rings. The third kappa shape index (κ3) is 3.00. The highest BCUT2D eigenvalue weighted by Crippen LogP contribution is 2.41. The van der Waals surface area contributed by atoms with Crippen LogP contribution in [-0.4, -0.2) is 58.5 Å². The molecule has 1 saturated heterocycles. The highest BCUT2D eigenvalue weighted by atomic mass is 32.2. The number of carboxylic acids is 1. The number of aromatic nitrogens is 1.